The Morgan fingerprint density at radius 3 is 2.50 bits per heavy atom. The van der Waals surface area contributed by atoms with Crippen LogP contribution in [-0.2, 0) is 14.8 Å². The molecule has 0 saturated carbocycles. The number of carbonyl (C=O) groups excluding carboxylic acids is 1. The van der Waals surface area contributed by atoms with Crippen molar-refractivity contribution in [2.45, 2.75) is 4.90 Å². The maximum atomic E-state index is 12.5. The molecule has 2 rings (SSSR count). The van der Waals surface area contributed by atoms with Crippen LogP contribution in [0.3, 0.4) is 0 Å². The number of nitrogens with zero attached hydrogens (tertiary/aromatic N) is 3. The van der Waals surface area contributed by atoms with E-state index in [9.17, 15) is 13.2 Å². The second-order valence-corrected chi connectivity index (χ2v) is 6.55. The van der Waals surface area contributed by atoms with E-state index in [1.165, 1.54) is 29.9 Å². The molecular weight excluding hydrogens is 282 g/mol. The van der Waals surface area contributed by atoms with Crippen LogP contribution in [0.15, 0.2) is 23.4 Å². The Kier molecular flexibility index (Phi) is 4.36. The molecular formula is C12H17N3O4S. The number of ether oxygens (including phenoxy) is 1. The molecule has 1 aromatic heterocycles. The molecule has 0 aliphatic carbocycles. The molecule has 7 nitrogen and oxygen atoms in total. The van der Waals surface area contributed by atoms with E-state index in [2.05, 4.69) is 14.6 Å². The zero-order valence-corrected chi connectivity index (χ0v) is 12.3. The van der Waals surface area contributed by atoms with Crippen molar-refractivity contribution in [3.05, 3.63) is 24.0 Å². The quantitative estimate of drug-likeness (QED) is 0.719. The average Bonchev–Trinajstić information content (AvgIpc) is 2.47. The first-order valence-electron chi connectivity index (χ1n) is 6.17. The van der Waals surface area contributed by atoms with Gasteiger partial charge in [-0.1, -0.05) is 0 Å². The third-order valence-electron chi connectivity index (χ3n) is 3.23. The van der Waals surface area contributed by atoms with E-state index in [-0.39, 0.29) is 10.5 Å². The molecule has 0 aromatic carbocycles. The van der Waals surface area contributed by atoms with Crippen molar-refractivity contribution in [1.29, 1.82) is 0 Å². The monoisotopic (exact) mass is 299 g/mol. The highest BCUT2D eigenvalue weighted by Gasteiger charge is 2.28. The SMILES string of the molecule is COC(=O)c1cncc(S(=O)(=O)N2CCN(C)CC2)c1. The maximum Gasteiger partial charge on any atom is 0.339 e. The van der Waals surface area contributed by atoms with Crippen molar-refractivity contribution < 1.29 is 17.9 Å². The van der Waals surface area contributed by atoms with Crippen molar-refractivity contribution >= 4 is 16.0 Å². The van der Waals surface area contributed by atoms with Crippen molar-refractivity contribution in [3.8, 4) is 0 Å². The molecule has 0 radical (unpaired) electrons. The number of likely N-dealkylation sites (N-methyl/N-ethyl adjacent to an activating group) is 1. The van der Waals surface area contributed by atoms with E-state index < -0.39 is 16.0 Å². The zero-order valence-electron chi connectivity index (χ0n) is 11.4. The largest absolute Gasteiger partial charge is 0.465 e. The van der Waals surface area contributed by atoms with Gasteiger partial charge in [0.05, 0.1) is 12.7 Å². The zero-order chi connectivity index (χ0) is 14.8. The Labute approximate surface area is 118 Å². The first kappa shape index (κ1) is 14.9. The van der Waals surface area contributed by atoms with E-state index >= 15 is 0 Å². The number of piperazine rings is 1. The predicted octanol–water partition coefficient (Wildman–Crippen LogP) is -0.196. The summed E-state index contributed by atoms with van der Waals surface area (Å²) >= 11 is 0. The summed E-state index contributed by atoms with van der Waals surface area (Å²) in [6.07, 6.45) is 2.54. The third-order valence-corrected chi connectivity index (χ3v) is 5.10. The highest BCUT2D eigenvalue weighted by molar-refractivity contribution is 7.89. The van der Waals surface area contributed by atoms with Gasteiger partial charge in [-0.05, 0) is 13.1 Å². The van der Waals surface area contributed by atoms with Crippen molar-refractivity contribution in [3.63, 3.8) is 0 Å². The molecule has 0 atom stereocenters. The Bertz CT molecular complexity index is 594. The predicted molar refractivity (Wildman–Crippen MR) is 71.8 cm³/mol. The summed E-state index contributed by atoms with van der Waals surface area (Å²) in [5, 5.41) is 0. The van der Waals surface area contributed by atoms with Gasteiger partial charge in [-0.25, -0.2) is 13.2 Å². The van der Waals surface area contributed by atoms with Gasteiger partial charge in [0.15, 0.2) is 0 Å². The van der Waals surface area contributed by atoms with Crippen LogP contribution in [0, 0.1) is 0 Å². The minimum absolute atomic E-state index is 0.0185. The molecule has 8 heteroatoms. The van der Waals surface area contributed by atoms with E-state index in [1.54, 1.807) is 0 Å². The van der Waals surface area contributed by atoms with Gasteiger partial charge < -0.3 is 9.64 Å². The van der Waals surface area contributed by atoms with Gasteiger partial charge in [0, 0.05) is 38.6 Å². The number of sulfonamides is 1. The number of hydrogen-bond donors (Lipinski definition) is 0. The summed E-state index contributed by atoms with van der Waals surface area (Å²) in [5.41, 5.74) is 0.128. The summed E-state index contributed by atoms with van der Waals surface area (Å²) in [4.78, 5) is 17.3. The summed E-state index contributed by atoms with van der Waals surface area (Å²) in [6.45, 7) is 2.23. The van der Waals surface area contributed by atoms with Gasteiger partial charge in [0.25, 0.3) is 0 Å². The van der Waals surface area contributed by atoms with Crippen LogP contribution in [0.5, 0.6) is 0 Å². The summed E-state index contributed by atoms with van der Waals surface area (Å²) in [6, 6.07) is 1.30. The Morgan fingerprint density at radius 2 is 1.90 bits per heavy atom. The van der Waals surface area contributed by atoms with Crippen LogP contribution in [0.1, 0.15) is 10.4 Å². The van der Waals surface area contributed by atoms with Gasteiger partial charge in [-0.2, -0.15) is 4.31 Å². The lowest BCUT2D eigenvalue weighted by Crippen LogP contribution is -2.47. The Balaban J connectivity index is 2.28. The van der Waals surface area contributed by atoms with Crippen molar-refractivity contribution in [2.75, 3.05) is 40.3 Å². The van der Waals surface area contributed by atoms with Gasteiger partial charge >= 0.3 is 5.97 Å². The molecule has 2 heterocycles. The molecule has 20 heavy (non-hydrogen) atoms. The van der Waals surface area contributed by atoms with Gasteiger partial charge in [0.2, 0.25) is 10.0 Å². The summed E-state index contributed by atoms with van der Waals surface area (Å²) in [7, 11) is -0.425. The minimum atomic E-state index is -3.61. The van der Waals surface area contributed by atoms with E-state index in [4.69, 9.17) is 0 Å². The van der Waals surface area contributed by atoms with E-state index in [0.717, 1.165) is 0 Å². The summed E-state index contributed by atoms with van der Waals surface area (Å²) in [5.74, 6) is -0.604. The number of hydrogen-bond acceptors (Lipinski definition) is 6. The molecule has 0 amide bonds. The van der Waals surface area contributed by atoms with Crippen molar-refractivity contribution in [1.82, 2.24) is 14.2 Å². The maximum absolute atomic E-state index is 12.5. The lowest BCUT2D eigenvalue weighted by Gasteiger charge is -2.31. The number of rotatable bonds is 3. The number of esters is 1. The third kappa shape index (κ3) is 2.97. The van der Waals surface area contributed by atoms with Crippen LogP contribution in [-0.4, -0.2) is 68.9 Å². The molecule has 0 bridgehead atoms. The number of carbonyl (C=O) groups is 1. The average molecular weight is 299 g/mol. The summed E-state index contributed by atoms with van der Waals surface area (Å²) < 4.78 is 30.9. The highest BCUT2D eigenvalue weighted by atomic mass is 32.2. The molecule has 1 aliphatic rings. The smallest absolute Gasteiger partial charge is 0.339 e. The van der Waals surface area contributed by atoms with E-state index in [0.29, 0.717) is 26.2 Å². The molecule has 1 aromatic rings. The fraction of sp³-hybridized carbons (Fsp3) is 0.500. The van der Waals surface area contributed by atoms with Crippen LogP contribution < -0.4 is 0 Å². The molecule has 0 N–H and O–H groups in total. The van der Waals surface area contributed by atoms with Gasteiger partial charge in [-0.3, -0.25) is 4.98 Å². The van der Waals surface area contributed by atoms with Gasteiger partial charge in [0.1, 0.15) is 4.90 Å². The fourth-order valence-corrected chi connectivity index (χ4v) is 3.38. The normalized spacial score (nSPS) is 17.9. The second kappa shape index (κ2) is 5.86. The molecule has 1 aliphatic heterocycles. The Hall–Kier alpha value is -1.51. The topological polar surface area (TPSA) is 79.8 Å². The lowest BCUT2D eigenvalue weighted by atomic mass is 10.3. The Morgan fingerprint density at radius 1 is 1.25 bits per heavy atom. The number of methoxy groups -OCH3 is 1. The molecule has 0 spiro atoms. The van der Waals surface area contributed by atoms with Crippen LogP contribution >= 0.6 is 0 Å². The molecule has 1 saturated heterocycles. The molecule has 0 unspecified atom stereocenters. The lowest BCUT2D eigenvalue weighted by molar-refractivity contribution is 0.0600. The highest BCUT2D eigenvalue weighted by Crippen LogP contribution is 2.17. The first-order chi connectivity index (χ1) is 9.45. The standard InChI is InChI=1S/C12H17N3O4S/c1-14-3-5-15(6-4-14)20(17,18)11-7-10(8-13-9-11)12(16)19-2/h7-9H,3-6H2,1-2H3. The molecule has 1 fully saturated rings. The molecule has 110 valence electrons. The van der Waals surface area contributed by atoms with Crippen LogP contribution in [0.25, 0.3) is 0 Å². The first-order valence-corrected chi connectivity index (χ1v) is 7.61. The van der Waals surface area contributed by atoms with Crippen LogP contribution in [0.2, 0.25) is 0 Å². The minimum Gasteiger partial charge on any atom is -0.465 e. The van der Waals surface area contributed by atoms with Crippen molar-refractivity contribution in [2.24, 2.45) is 0 Å². The van der Waals surface area contributed by atoms with Gasteiger partial charge in [-0.15, -0.1) is 0 Å². The second-order valence-electron chi connectivity index (χ2n) is 4.61. The number of aromatic nitrogens is 1. The fourth-order valence-electron chi connectivity index (χ4n) is 1.97. The van der Waals surface area contributed by atoms with Crippen LogP contribution in [0.4, 0.5) is 0 Å². The van der Waals surface area contributed by atoms with E-state index in [1.807, 2.05) is 7.05 Å². The number of pyridine rings is 1.